The molecule has 2 aromatic rings. The Balaban J connectivity index is 1.41. The van der Waals surface area contributed by atoms with Gasteiger partial charge in [-0.1, -0.05) is 24.3 Å². The van der Waals surface area contributed by atoms with Crippen LogP contribution >= 0.6 is 0 Å². The molecule has 0 aliphatic carbocycles. The van der Waals surface area contributed by atoms with Crippen LogP contribution in [0.3, 0.4) is 0 Å². The van der Waals surface area contributed by atoms with E-state index in [1.54, 1.807) is 0 Å². The Bertz CT molecular complexity index is 572. The van der Waals surface area contributed by atoms with Crippen LogP contribution in [0.2, 0.25) is 0 Å². The van der Waals surface area contributed by atoms with Crippen LogP contribution in [0.5, 0.6) is 17.2 Å². The van der Waals surface area contributed by atoms with E-state index in [9.17, 15) is 0 Å². The molecule has 0 radical (unpaired) electrons. The molecule has 0 bridgehead atoms. The number of hydrogen-bond acceptors (Lipinski definition) is 4. The van der Waals surface area contributed by atoms with E-state index < -0.39 is 0 Å². The predicted molar refractivity (Wildman–Crippen MR) is 81.1 cm³/mol. The minimum absolute atomic E-state index is 0.620. The molecule has 110 valence electrons. The molecule has 0 spiro atoms. The van der Waals surface area contributed by atoms with Crippen molar-refractivity contribution in [1.29, 1.82) is 0 Å². The van der Waals surface area contributed by atoms with Gasteiger partial charge in [0.05, 0.1) is 0 Å². The molecule has 1 N–H and O–H groups in total. The van der Waals surface area contributed by atoms with Gasteiger partial charge in [-0.3, -0.25) is 0 Å². The second-order valence-electron chi connectivity index (χ2n) is 4.82. The highest BCUT2D eigenvalue weighted by atomic mass is 16.6. The molecule has 3 rings (SSSR count). The maximum atomic E-state index is 5.63. The molecule has 2 aromatic carbocycles. The molecule has 21 heavy (non-hydrogen) atoms. The van der Waals surface area contributed by atoms with Gasteiger partial charge in [0, 0.05) is 13.1 Å². The Morgan fingerprint density at radius 3 is 2.62 bits per heavy atom. The first-order chi connectivity index (χ1) is 10.4. The van der Waals surface area contributed by atoms with Crippen molar-refractivity contribution in [2.45, 2.75) is 6.54 Å². The summed E-state index contributed by atoms with van der Waals surface area (Å²) in [7, 11) is 0. The van der Waals surface area contributed by atoms with E-state index >= 15 is 0 Å². The number of ether oxygens (including phenoxy) is 3. The average Bonchev–Trinajstić information content (AvgIpc) is 2.55. The van der Waals surface area contributed by atoms with Gasteiger partial charge in [-0.2, -0.15) is 0 Å². The number of hydrogen-bond donors (Lipinski definition) is 1. The summed E-state index contributed by atoms with van der Waals surface area (Å²) in [6, 6.07) is 15.9. The van der Waals surface area contributed by atoms with E-state index in [1.165, 1.54) is 5.56 Å². The molecule has 0 unspecified atom stereocenters. The topological polar surface area (TPSA) is 39.7 Å². The number of fused-ring (bicyclic) bond motifs is 1. The van der Waals surface area contributed by atoms with Crippen molar-refractivity contribution in [3.05, 3.63) is 54.1 Å². The van der Waals surface area contributed by atoms with Gasteiger partial charge in [0.25, 0.3) is 0 Å². The fourth-order valence-electron chi connectivity index (χ4n) is 2.19. The fraction of sp³-hybridized carbons (Fsp3) is 0.294. The summed E-state index contributed by atoms with van der Waals surface area (Å²) in [6.45, 7) is 3.48. The van der Waals surface area contributed by atoms with Crippen LogP contribution in [-0.4, -0.2) is 26.4 Å². The zero-order chi connectivity index (χ0) is 14.3. The molecule has 4 heteroatoms. The van der Waals surface area contributed by atoms with E-state index in [2.05, 4.69) is 11.4 Å². The Morgan fingerprint density at radius 1 is 0.952 bits per heavy atom. The quantitative estimate of drug-likeness (QED) is 0.828. The largest absolute Gasteiger partial charge is 0.492 e. The summed E-state index contributed by atoms with van der Waals surface area (Å²) < 4.78 is 16.7. The van der Waals surface area contributed by atoms with E-state index in [0.29, 0.717) is 19.8 Å². The third-order valence-electron chi connectivity index (χ3n) is 3.23. The lowest BCUT2D eigenvalue weighted by atomic mass is 10.2. The molecular formula is C17H19NO3. The normalized spacial score (nSPS) is 13.0. The fourth-order valence-corrected chi connectivity index (χ4v) is 2.19. The lowest BCUT2D eigenvalue weighted by Gasteiger charge is -2.19. The molecule has 0 amide bonds. The Kier molecular flexibility index (Phi) is 4.59. The SMILES string of the molecule is c1ccc(OCCNCc2ccc3c(c2)OCCO3)cc1. The van der Waals surface area contributed by atoms with Gasteiger partial charge in [0.2, 0.25) is 0 Å². The van der Waals surface area contributed by atoms with Crippen molar-refractivity contribution in [1.82, 2.24) is 5.32 Å². The summed E-state index contributed by atoms with van der Waals surface area (Å²) in [5.74, 6) is 2.57. The molecule has 1 aliphatic rings. The van der Waals surface area contributed by atoms with E-state index in [0.717, 1.165) is 30.3 Å². The lowest BCUT2D eigenvalue weighted by molar-refractivity contribution is 0.171. The molecule has 0 fully saturated rings. The van der Waals surface area contributed by atoms with Crippen molar-refractivity contribution in [3.63, 3.8) is 0 Å². The van der Waals surface area contributed by atoms with Crippen molar-refractivity contribution in [2.75, 3.05) is 26.4 Å². The molecule has 0 saturated carbocycles. The maximum Gasteiger partial charge on any atom is 0.161 e. The molecule has 4 nitrogen and oxygen atoms in total. The minimum atomic E-state index is 0.620. The smallest absolute Gasteiger partial charge is 0.161 e. The summed E-state index contributed by atoms with van der Waals surface area (Å²) in [6.07, 6.45) is 0. The maximum absolute atomic E-state index is 5.63. The number of benzene rings is 2. The van der Waals surface area contributed by atoms with Gasteiger partial charge in [-0.05, 0) is 29.8 Å². The number of para-hydroxylation sites is 1. The van der Waals surface area contributed by atoms with Crippen molar-refractivity contribution in [2.24, 2.45) is 0 Å². The predicted octanol–water partition coefficient (Wildman–Crippen LogP) is 2.63. The second-order valence-corrected chi connectivity index (χ2v) is 4.82. The van der Waals surface area contributed by atoms with Crippen LogP contribution in [-0.2, 0) is 6.54 Å². The summed E-state index contributed by atoms with van der Waals surface area (Å²) in [5, 5.41) is 3.36. The monoisotopic (exact) mass is 285 g/mol. The van der Waals surface area contributed by atoms with E-state index in [4.69, 9.17) is 14.2 Å². The van der Waals surface area contributed by atoms with Crippen LogP contribution in [0.4, 0.5) is 0 Å². The van der Waals surface area contributed by atoms with Gasteiger partial charge in [-0.25, -0.2) is 0 Å². The average molecular weight is 285 g/mol. The van der Waals surface area contributed by atoms with Crippen molar-refractivity contribution >= 4 is 0 Å². The Morgan fingerprint density at radius 2 is 1.76 bits per heavy atom. The van der Waals surface area contributed by atoms with Crippen LogP contribution < -0.4 is 19.5 Å². The standard InChI is InChI=1S/C17H19NO3/c1-2-4-15(5-3-1)19-9-8-18-13-14-6-7-16-17(12-14)21-11-10-20-16/h1-7,12,18H,8-11,13H2. The molecule has 0 saturated heterocycles. The number of nitrogens with one attached hydrogen (secondary N) is 1. The van der Waals surface area contributed by atoms with E-state index in [1.807, 2.05) is 42.5 Å². The van der Waals surface area contributed by atoms with Crippen LogP contribution in [0.1, 0.15) is 5.56 Å². The van der Waals surface area contributed by atoms with Crippen LogP contribution in [0.25, 0.3) is 0 Å². The first kappa shape index (κ1) is 13.8. The highest BCUT2D eigenvalue weighted by Gasteiger charge is 2.11. The number of rotatable bonds is 6. The van der Waals surface area contributed by atoms with Gasteiger partial charge in [0.15, 0.2) is 11.5 Å². The molecule has 0 atom stereocenters. The van der Waals surface area contributed by atoms with Crippen molar-refractivity contribution < 1.29 is 14.2 Å². The zero-order valence-corrected chi connectivity index (χ0v) is 11.9. The molecule has 1 heterocycles. The van der Waals surface area contributed by atoms with Crippen LogP contribution in [0.15, 0.2) is 48.5 Å². The third-order valence-corrected chi connectivity index (χ3v) is 3.23. The molecule has 1 aliphatic heterocycles. The van der Waals surface area contributed by atoms with E-state index in [-0.39, 0.29) is 0 Å². The van der Waals surface area contributed by atoms with Gasteiger partial charge in [-0.15, -0.1) is 0 Å². The van der Waals surface area contributed by atoms with Crippen LogP contribution in [0, 0.1) is 0 Å². The minimum Gasteiger partial charge on any atom is -0.492 e. The molecular weight excluding hydrogens is 266 g/mol. The zero-order valence-electron chi connectivity index (χ0n) is 11.9. The third kappa shape index (κ3) is 3.89. The van der Waals surface area contributed by atoms with Gasteiger partial charge < -0.3 is 19.5 Å². The van der Waals surface area contributed by atoms with Gasteiger partial charge >= 0.3 is 0 Å². The highest BCUT2D eigenvalue weighted by molar-refractivity contribution is 5.43. The Labute approximate surface area is 124 Å². The highest BCUT2D eigenvalue weighted by Crippen LogP contribution is 2.30. The second kappa shape index (κ2) is 6.99. The summed E-state index contributed by atoms with van der Waals surface area (Å²) in [4.78, 5) is 0. The summed E-state index contributed by atoms with van der Waals surface area (Å²) in [5.41, 5.74) is 1.18. The molecule has 0 aromatic heterocycles. The Hall–Kier alpha value is -2.20. The lowest BCUT2D eigenvalue weighted by Crippen LogP contribution is -2.21. The summed E-state index contributed by atoms with van der Waals surface area (Å²) >= 11 is 0. The van der Waals surface area contributed by atoms with Crippen molar-refractivity contribution in [3.8, 4) is 17.2 Å². The van der Waals surface area contributed by atoms with Gasteiger partial charge in [0.1, 0.15) is 25.6 Å². The first-order valence-corrected chi connectivity index (χ1v) is 7.19. The first-order valence-electron chi connectivity index (χ1n) is 7.19.